The summed E-state index contributed by atoms with van der Waals surface area (Å²) in [7, 11) is 0. The summed E-state index contributed by atoms with van der Waals surface area (Å²) in [4.78, 5) is 4.05. The lowest BCUT2D eigenvalue weighted by Crippen LogP contribution is -2.08. The summed E-state index contributed by atoms with van der Waals surface area (Å²) in [5.74, 6) is 0.878. The van der Waals surface area contributed by atoms with Gasteiger partial charge in [-0.1, -0.05) is 23.4 Å². The average molecular weight is 309 g/mol. The van der Waals surface area contributed by atoms with Crippen LogP contribution in [0.2, 0.25) is 0 Å². The molecule has 23 heavy (non-hydrogen) atoms. The first-order valence-electron chi connectivity index (χ1n) is 7.59. The Balaban J connectivity index is 1.65. The van der Waals surface area contributed by atoms with Gasteiger partial charge in [0, 0.05) is 37.5 Å². The maximum absolute atomic E-state index is 5.78. The van der Waals surface area contributed by atoms with Crippen LogP contribution in [0.3, 0.4) is 0 Å². The Morgan fingerprint density at radius 1 is 1.04 bits per heavy atom. The second-order valence-electron chi connectivity index (χ2n) is 5.06. The van der Waals surface area contributed by atoms with E-state index in [0.29, 0.717) is 13.2 Å². The van der Waals surface area contributed by atoms with Crippen molar-refractivity contribution in [1.82, 2.24) is 20.0 Å². The van der Waals surface area contributed by atoms with Gasteiger partial charge in [0.1, 0.15) is 11.4 Å². The van der Waals surface area contributed by atoms with E-state index in [-0.39, 0.29) is 0 Å². The Labute approximate surface area is 134 Å². The summed E-state index contributed by atoms with van der Waals surface area (Å²) in [5, 5.41) is 8.39. The molecule has 0 bridgehead atoms. The van der Waals surface area contributed by atoms with Crippen molar-refractivity contribution in [3.8, 4) is 17.0 Å². The molecule has 0 aliphatic heterocycles. The van der Waals surface area contributed by atoms with E-state index in [1.165, 1.54) is 0 Å². The van der Waals surface area contributed by atoms with E-state index in [0.717, 1.165) is 35.7 Å². The van der Waals surface area contributed by atoms with Crippen LogP contribution in [0.5, 0.6) is 5.75 Å². The van der Waals surface area contributed by atoms with E-state index in [2.05, 4.69) is 15.3 Å². The molecule has 1 aromatic carbocycles. The molecule has 0 saturated heterocycles. The van der Waals surface area contributed by atoms with Crippen molar-refractivity contribution in [3.05, 3.63) is 60.6 Å². The molecule has 0 fully saturated rings. The Morgan fingerprint density at radius 3 is 2.57 bits per heavy atom. The van der Waals surface area contributed by atoms with E-state index in [1.54, 1.807) is 12.4 Å². The number of aromatic nitrogens is 4. The van der Waals surface area contributed by atoms with Crippen LogP contribution in [-0.2, 0) is 13.1 Å². The van der Waals surface area contributed by atoms with Crippen LogP contribution in [0, 0.1) is 0 Å². The Morgan fingerprint density at radius 2 is 1.83 bits per heavy atom. The van der Waals surface area contributed by atoms with Gasteiger partial charge in [-0.15, -0.1) is 5.10 Å². The lowest BCUT2D eigenvalue weighted by molar-refractivity contribution is 0.298. The van der Waals surface area contributed by atoms with Gasteiger partial charge in [-0.3, -0.25) is 4.98 Å². The van der Waals surface area contributed by atoms with Crippen molar-refractivity contribution >= 4 is 0 Å². The zero-order valence-corrected chi connectivity index (χ0v) is 12.8. The highest BCUT2D eigenvalue weighted by molar-refractivity contribution is 5.61. The minimum Gasteiger partial charge on any atom is -0.494 e. The zero-order chi connectivity index (χ0) is 15.9. The van der Waals surface area contributed by atoms with Crippen LogP contribution in [-0.4, -0.2) is 26.6 Å². The number of nitrogens with two attached hydrogens (primary N) is 1. The summed E-state index contributed by atoms with van der Waals surface area (Å²) in [6.45, 7) is 1.70. The maximum atomic E-state index is 5.78. The molecule has 0 amide bonds. The summed E-state index contributed by atoms with van der Waals surface area (Å²) >= 11 is 0. The molecular formula is C17H19N5O. The van der Waals surface area contributed by atoms with E-state index in [9.17, 15) is 0 Å². The van der Waals surface area contributed by atoms with Gasteiger partial charge in [0.2, 0.25) is 0 Å². The van der Waals surface area contributed by atoms with Crippen molar-refractivity contribution < 1.29 is 4.74 Å². The topological polar surface area (TPSA) is 78.8 Å². The fourth-order valence-corrected chi connectivity index (χ4v) is 2.39. The second kappa shape index (κ2) is 7.51. The third-order valence-electron chi connectivity index (χ3n) is 3.48. The number of para-hydroxylation sites is 1. The van der Waals surface area contributed by atoms with Crippen LogP contribution < -0.4 is 10.5 Å². The molecule has 0 unspecified atom stereocenters. The van der Waals surface area contributed by atoms with Crippen molar-refractivity contribution in [2.24, 2.45) is 5.73 Å². The van der Waals surface area contributed by atoms with Crippen molar-refractivity contribution in [1.29, 1.82) is 0 Å². The minimum absolute atomic E-state index is 0.359. The van der Waals surface area contributed by atoms with Gasteiger partial charge in [0.25, 0.3) is 0 Å². The standard InChI is InChI=1S/C17H19N5O/c18-13-16-17(14-7-9-19-10-8-14)22(21-20-16)11-4-12-23-15-5-2-1-3-6-15/h1-3,5-10H,4,11-13,18H2. The van der Waals surface area contributed by atoms with Crippen LogP contribution in [0.25, 0.3) is 11.3 Å². The Kier molecular flexibility index (Phi) is 4.95. The van der Waals surface area contributed by atoms with Gasteiger partial charge >= 0.3 is 0 Å². The van der Waals surface area contributed by atoms with Crippen LogP contribution in [0.15, 0.2) is 54.9 Å². The van der Waals surface area contributed by atoms with Crippen molar-refractivity contribution in [2.45, 2.75) is 19.5 Å². The molecule has 0 spiro atoms. The fraction of sp³-hybridized carbons (Fsp3) is 0.235. The van der Waals surface area contributed by atoms with E-state index >= 15 is 0 Å². The molecule has 0 saturated carbocycles. The zero-order valence-electron chi connectivity index (χ0n) is 12.8. The van der Waals surface area contributed by atoms with Crippen LogP contribution in [0.1, 0.15) is 12.1 Å². The normalized spacial score (nSPS) is 10.7. The first kappa shape index (κ1) is 15.2. The molecule has 2 heterocycles. The lowest BCUT2D eigenvalue weighted by Gasteiger charge is -2.09. The molecule has 3 aromatic rings. The SMILES string of the molecule is NCc1nnn(CCCOc2ccccc2)c1-c1ccncc1. The average Bonchev–Trinajstić information content (AvgIpc) is 3.03. The van der Waals surface area contributed by atoms with Gasteiger partial charge in [0.15, 0.2) is 0 Å². The number of benzene rings is 1. The first-order chi connectivity index (χ1) is 11.4. The number of ether oxygens (including phenoxy) is 1. The van der Waals surface area contributed by atoms with Gasteiger partial charge in [-0.2, -0.15) is 0 Å². The molecule has 0 aliphatic carbocycles. The summed E-state index contributed by atoms with van der Waals surface area (Å²) in [5.41, 5.74) is 8.54. The van der Waals surface area contributed by atoms with E-state index in [1.807, 2.05) is 47.1 Å². The summed E-state index contributed by atoms with van der Waals surface area (Å²) < 4.78 is 7.59. The summed E-state index contributed by atoms with van der Waals surface area (Å²) in [6, 6.07) is 13.7. The van der Waals surface area contributed by atoms with Crippen molar-refractivity contribution in [3.63, 3.8) is 0 Å². The van der Waals surface area contributed by atoms with Gasteiger partial charge in [-0.25, -0.2) is 4.68 Å². The van der Waals surface area contributed by atoms with E-state index in [4.69, 9.17) is 10.5 Å². The lowest BCUT2D eigenvalue weighted by atomic mass is 10.1. The molecule has 2 N–H and O–H groups in total. The predicted molar refractivity (Wildman–Crippen MR) is 87.7 cm³/mol. The number of nitrogens with zero attached hydrogens (tertiary/aromatic N) is 4. The molecule has 6 heteroatoms. The fourth-order valence-electron chi connectivity index (χ4n) is 2.39. The van der Waals surface area contributed by atoms with E-state index < -0.39 is 0 Å². The second-order valence-corrected chi connectivity index (χ2v) is 5.06. The number of pyridine rings is 1. The quantitative estimate of drug-likeness (QED) is 0.677. The largest absolute Gasteiger partial charge is 0.494 e. The number of rotatable bonds is 7. The van der Waals surface area contributed by atoms with Crippen LogP contribution in [0.4, 0.5) is 0 Å². The molecule has 0 atom stereocenters. The minimum atomic E-state index is 0.359. The highest BCUT2D eigenvalue weighted by Gasteiger charge is 2.13. The van der Waals surface area contributed by atoms with Crippen molar-refractivity contribution in [2.75, 3.05) is 6.61 Å². The Hall–Kier alpha value is -2.73. The predicted octanol–water partition coefficient (Wildman–Crippen LogP) is 2.27. The molecule has 0 radical (unpaired) electrons. The van der Waals surface area contributed by atoms with Crippen LogP contribution >= 0.6 is 0 Å². The Bertz CT molecular complexity index is 727. The van der Waals surface area contributed by atoms with Gasteiger partial charge < -0.3 is 10.5 Å². The molecule has 2 aromatic heterocycles. The third-order valence-corrected chi connectivity index (χ3v) is 3.48. The molecule has 0 aliphatic rings. The number of hydrogen-bond donors (Lipinski definition) is 1. The summed E-state index contributed by atoms with van der Waals surface area (Å²) in [6.07, 6.45) is 4.34. The molecule has 6 nitrogen and oxygen atoms in total. The first-order valence-corrected chi connectivity index (χ1v) is 7.59. The number of aryl methyl sites for hydroxylation is 1. The molecular weight excluding hydrogens is 290 g/mol. The highest BCUT2D eigenvalue weighted by atomic mass is 16.5. The number of hydrogen-bond acceptors (Lipinski definition) is 5. The molecule has 118 valence electrons. The van der Waals surface area contributed by atoms with Gasteiger partial charge in [-0.05, 0) is 24.3 Å². The monoisotopic (exact) mass is 309 g/mol. The highest BCUT2D eigenvalue weighted by Crippen LogP contribution is 2.21. The van der Waals surface area contributed by atoms with Gasteiger partial charge in [0.05, 0.1) is 12.3 Å². The third kappa shape index (κ3) is 3.73. The maximum Gasteiger partial charge on any atom is 0.119 e. The molecule has 3 rings (SSSR count). The smallest absolute Gasteiger partial charge is 0.119 e.